The largest absolute Gasteiger partial charge is 0.508 e. The Morgan fingerprint density at radius 1 is 1.15 bits per heavy atom. The second-order valence-corrected chi connectivity index (χ2v) is 8.17. The van der Waals surface area contributed by atoms with Crippen molar-refractivity contribution in [2.24, 2.45) is 0 Å². The minimum Gasteiger partial charge on any atom is -0.508 e. The van der Waals surface area contributed by atoms with Gasteiger partial charge >= 0.3 is 0 Å². The molecule has 2 aliphatic heterocycles. The van der Waals surface area contributed by atoms with Crippen LogP contribution in [0.4, 0.5) is 4.39 Å². The van der Waals surface area contributed by atoms with Gasteiger partial charge in [-0.05, 0) is 49.8 Å². The van der Waals surface area contributed by atoms with Crippen LogP contribution in [0.1, 0.15) is 43.7 Å². The number of halogens is 1. The Kier molecular flexibility index (Phi) is 3.84. The van der Waals surface area contributed by atoms with Crippen LogP contribution in [0.2, 0.25) is 0 Å². The van der Waals surface area contributed by atoms with E-state index in [1.54, 1.807) is 24.3 Å². The molecule has 1 fully saturated rings. The lowest BCUT2D eigenvalue weighted by Crippen LogP contribution is -2.69. The van der Waals surface area contributed by atoms with E-state index in [-0.39, 0.29) is 23.0 Å². The summed E-state index contributed by atoms with van der Waals surface area (Å²) in [6.07, 6.45) is 1.34. The third kappa shape index (κ3) is 3.09. The lowest BCUT2D eigenvalue weighted by molar-refractivity contribution is -0.0128. The highest BCUT2D eigenvalue weighted by atomic mass is 32.1. The lowest BCUT2D eigenvalue weighted by atomic mass is 9.77. The predicted octanol–water partition coefficient (Wildman–Crippen LogP) is 3.79. The topological polar surface area (TPSA) is 53.5 Å². The molecule has 0 saturated carbocycles. The quantitative estimate of drug-likeness (QED) is 0.665. The number of aromatic hydroxyl groups is 1. The van der Waals surface area contributed by atoms with E-state index in [0.717, 1.165) is 11.1 Å². The summed E-state index contributed by atoms with van der Waals surface area (Å²) in [7, 11) is 0. The van der Waals surface area contributed by atoms with Gasteiger partial charge < -0.3 is 20.5 Å². The maximum Gasteiger partial charge on any atom is 0.185 e. The number of ether oxygens (including phenoxy) is 1. The van der Waals surface area contributed by atoms with Gasteiger partial charge in [0.25, 0.3) is 0 Å². The molecular weight excluding hydrogens is 351 g/mol. The van der Waals surface area contributed by atoms with Crippen LogP contribution in [0.25, 0.3) is 0 Å². The number of thiocarbonyl (C=S) groups is 1. The molecule has 2 aliphatic rings. The Hall–Kier alpha value is -2.34. The molecule has 4 nitrogen and oxygen atoms in total. The van der Waals surface area contributed by atoms with Gasteiger partial charge in [0.1, 0.15) is 17.3 Å². The van der Waals surface area contributed by atoms with Crippen molar-refractivity contribution >= 4 is 17.3 Å². The number of rotatable bonds is 1. The molecule has 1 spiro atoms. The zero-order valence-corrected chi connectivity index (χ0v) is 15.5. The molecule has 2 atom stereocenters. The van der Waals surface area contributed by atoms with Crippen LogP contribution in [-0.4, -0.2) is 21.5 Å². The molecule has 2 aromatic rings. The van der Waals surface area contributed by atoms with Crippen LogP contribution >= 0.6 is 12.2 Å². The molecule has 0 amide bonds. The maximum absolute atomic E-state index is 13.4. The fraction of sp³-hybridized carbons (Fsp3) is 0.350. The Balaban J connectivity index is 1.81. The van der Waals surface area contributed by atoms with E-state index in [0.29, 0.717) is 23.7 Å². The van der Waals surface area contributed by atoms with Crippen LogP contribution in [0, 0.1) is 5.82 Å². The fourth-order valence-electron chi connectivity index (χ4n) is 4.12. The number of phenols is 1. The molecule has 0 aromatic heterocycles. The molecule has 1 saturated heterocycles. The third-order valence-electron chi connectivity index (χ3n) is 5.00. The van der Waals surface area contributed by atoms with Crippen LogP contribution < -0.4 is 15.4 Å². The first-order valence-corrected chi connectivity index (χ1v) is 9.04. The Morgan fingerprint density at radius 3 is 2.58 bits per heavy atom. The lowest BCUT2D eigenvalue weighted by Gasteiger charge is -2.50. The average molecular weight is 372 g/mol. The summed E-state index contributed by atoms with van der Waals surface area (Å²) in [5.41, 5.74) is 1.06. The highest BCUT2D eigenvalue weighted by molar-refractivity contribution is 7.80. The second kappa shape index (κ2) is 5.84. The summed E-state index contributed by atoms with van der Waals surface area (Å²) >= 11 is 5.40. The van der Waals surface area contributed by atoms with Crippen LogP contribution in [0.3, 0.4) is 0 Å². The van der Waals surface area contributed by atoms with Gasteiger partial charge in [-0.3, -0.25) is 0 Å². The summed E-state index contributed by atoms with van der Waals surface area (Å²) < 4.78 is 19.8. The Labute approximate surface area is 157 Å². The highest BCUT2D eigenvalue weighted by Crippen LogP contribution is 2.47. The van der Waals surface area contributed by atoms with E-state index in [4.69, 9.17) is 17.0 Å². The van der Waals surface area contributed by atoms with Gasteiger partial charge in [0.05, 0.1) is 0 Å². The predicted molar refractivity (Wildman–Crippen MR) is 102 cm³/mol. The molecule has 0 aliphatic carbocycles. The molecule has 6 heteroatoms. The SMILES string of the molecule is CC1(C)C[C@@]2(C[C@H](c3ccc(F)cc3)c3ccc(O)cc3O2)NC(=S)N1. The van der Waals surface area contributed by atoms with E-state index in [1.807, 2.05) is 6.07 Å². The summed E-state index contributed by atoms with van der Waals surface area (Å²) in [4.78, 5) is 0. The van der Waals surface area contributed by atoms with E-state index < -0.39 is 5.72 Å². The normalized spacial score (nSPS) is 26.4. The summed E-state index contributed by atoms with van der Waals surface area (Å²) in [5.74, 6) is 0.515. The van der Waals surface area contributed by atoms with Crippen molar-refractivity contribution in [3.8, 4) is 11.5 Å². The first-order valence-electron chi connectivity index (χ1n) is 8.63. The van der Waals surface area contributed by atoms with Crippen LogP contribution in [0.15, 0.2) is 42.5 Å². The number of phenolic OH excluding ortho intramolecular Hbond substituents is 1. The van der Waals surface area contributed by atoms with Crippen LogP contribution in [0.5, 0.6) is 11.5 Å². The molecule has 26 heavy (non-hydrogen) atoms. The van der Waals surface area contributed by atoms with Gasteiger partial charge in [-0.15, -0.1) is 0 Å². The minimum atomic E-state index is -0.689. The summed E-state index contributed by atoms with van der Waals surface area (Å²) in [5, 5.41) is 17.0. The van der Waals surface area contributed by atoms with Crippen molar-refractivity contribution in [1.29, 1.82) is 0 Å². The highest BCUT2D eigenvalue weighted by Gasteiger charge is 2.48. The van der Waals surface area contributed by atoms with Crippen molar-refractivity contribution < 1.29 is 14.2 Å². The van der Waals surface area contributed by atoms with E-state index in [2.05, 4.69) is 24.5 Å². The number of benzene rings is 2. The second-order valence-electron chi connectivity index (χ2n) is 7.77. The molecule has 0 unspecified atom stereocenters. The molecular formula is C20H21FN2O2S. The molecule has 2 heterocycles. The third-order valence-corrected chi connectivity index (χ3v) is 5.21. The smallest absolute Gasteiger partial charge is 0.185 e. The van der Waals surface area contributed by atoms with Gasteiger partial charge in [0.15, 0.2) is 10.8 Å². The van der Waals surface area contributed by atoms with Gasteiger partial charge in [0.2, 0.25) is 0 Å². The van der Waals surface area contributed by atoms with Crippen LogP contribution in [-0.2, 0) is 0 Å². The number of nitrogens with one attached hydrogen (secondary N) is 2. The van der Waals surface area contributed by atoms with Crippen molar-refractivity contribution in [2.45, 2.75) is 43.9 Å². The Bertz CT molecular complexity index is 869. The number of hydrogen-bond acceptors (Lipinski definition) is 3. The first kappa shape index (κ1) is 17.1. The molecule has 0 radical (unpaired) electrons. The van der Waals surface area contributed by atoms with Crippen molar-refractivity contribution in [3.63, 3.8) is 0 Å². The van der Waals surface area contributed by atoms with Gasteiger partial charge in [-0.1, -0.05) is 18.2 Å². The van der Waals surface area contributed by atoms with Gasteiger partial charge in [0, 0.05) is 35.9 Å². The summed E-state index contributed by atoms with van der Waals surface area (Å²) in [6, 6.07) is 11.7. The zero-order chi connectivity index (χ0) is 18.5. The zero-order valence-electron chi connectivity index (χ0n) is 14.7. The molecule has 136 valence electrons. The molecule has 0 bridgehead atoms. The maximum atomic E-state index is 13.4. The van der Waals surface area contributed by atoms with E-state index >= 15 is 0 Å². The number of hydrogen-bond donors (Lipinski definition) is 3. The first-order chi connectivity index (χ1) is 12.3. The molecule has 2 aromatic carbocycles. The standard InChI is InChI=1S/C20H21FN2O2S/c1-19(2)11-20(23-18(26)22-19)10-16(12-3-5-13(21)6-4-12)15-8-7-14(24)9-17(15)25-20/h3-9,16,24H,10-11H2,1-2H3,(H2,22,23,26)/t16-,20+/m1/s1. The summed E-state index contributed by atoms with van der Waals surface area (Å²) in [6.45, 7) is 4.16. The Morgan fingerprint density at radius 2 is 1.88 bits per heavy atom. The minimum absolute atomic E-state index is 0.00384. The molecule has 3 N–H and O–H groups in total. The van der Waals surface area contributed by atoms with Crippen molar-refractivity contribution in [3.05, 3.63) is 59.4 Å². The fourth-order valence-corrected chi connectivity index (χ4v) is 4.58. The van der Waals surface area contributed by atoms with Crippen molar-refractivity contribution in [2.75, 3.05) is 0 Å². The number of fused-ring (bicyclic) bond motifs is 1. The van der Waals surface area contributed by atoms with Gasteiger partial charge in [-0.2, -0.15) is 0 Å². The average Bonchev–Trinajstić information content (AvgIpc) is 2.52. The molecule has 4 rings (SSSR count). The van der Waals surface area contributed by atoms with Crippen molar-refractivity contribution in [1.82, 2.24) is 10.6 Å². The van der Waals surface area contributed by atoms with Gasteiger partial charge in [-0.25, -0.2) is 4.39 Å². The monoisotopic (exact) mass is 372 g/mol. The van der Waals surface area contributed by atoms with E-state index in [1.165, 1.54) is 12.1 Å². The van der Waals surface area contributed by atoms with E-state index in [9.17, 15) is 9.50 Å².